The number of nitrogens with zero attached hydrogens (tertiary/aromatic N) is 5. The lowest BCUT2D eigenvalue weighted by atomic mass is 9.96. The van der Waals surface area contributed by atoms with Gasteiger partial charge in [-0.15, -0.1) is 0 Å². The predicted molar refractivity (Wildman–Crippen MR) is 105 cm³/mol. The summed E-state index contributed by atoms with van der Waals surface area (Å²) in [5.74, 6) is 0.198. The third kappa shape index (κ3) is 3.51. The van der Waals surface area contributed by atoms with Crippen molar-refractivity contribution in [3.63, 3.8) is 0 Å². The second-order valence-electron chi connectivity index (χ2n) is 8.40. The number of aromatic nitrogens is 3. The molecule has 9 heteroatoms. The molecule has 1 atom stereocenters. The van der Waals surface area contributed by atoms with E-state index in [-0.39, 0.29) is 11.9 Å². The minimum absolute atomic E-state index is 0.198. The van der Waals surface area contributed by atoms with Gasteiger partial charge in [0, 0.05) is 24.7 Å². The number of nitrogen functional groups attached to an aromatic ring is 1. The van der Waals surface area contributed by atoms with Crippen molar-refractivity contribution in [2.75, 3.05) is 25.4 Å². The van der Waals surface area contributed by atoms with Crippen LogP contribution in [0.1, 0.15) is 38.4 Å². The zero-order valence-electron chi connectivity index (χ0n) is 16.8. The SMILES string of the molecule is CC(C)(C)OC(=O)N1CCC2(C1)OCCn1nc(-c3cnc(N)c(C#N)c3)cc12. The minimum Gasteiger partial charge on any atom is -0.444 e. The fraction of sp³-hybridized carbons (Fsp3) is 0.500. The Kier molecular flexibility index (Phi) is 4.46. The molecular weight excluding hydrogens is 372 g/mol. The Hall–Kier alpha value is -3.12. The van der Waals surface area contributed by atoms with Crippen LogP contribution in [-0.4, -0.2) is 51.1 Å². The van der Waals surface area contributed by atoms with Crippen LogP contribution in [0, 0.1) is 11.3 Å². The quantitative estimate of drug-likeness (QED) is 0.785. The number of nitriles is 1. The molecule has 0 aromatic carbocycles. The summed E-state index contributed by atoms with van der Waals surface area (Å²) >= 11 is 0. The van der Waals surface area contributed by atoms with Crippen LogP contribution < -0.4 is 5.73 Å². The molecule has 2 aliphatic rings. The van der Waals surface area contributed by atoms with Crippen molar-refractivity contribution in [3.8, 4) is 17.3 Å². The van der Waals surface area contributed by atoms with Gasteiger partial charge in [-0.2, -0.15) is 10.4 Å². The van der Waals surface area contributed by atoms with Crippen molar-refractivity contribution in [2.24, 2.45) is 0 Å². The fourth-order valence-electron chi connectivity index (χ4n) is 3.79. The highest BCUT2D eigenvalue weighted by Gasteiger charge is 2.47. The summed E-state index contributed by atoms with van der Waals surface area (Å²) in [5, 5.41) is 13.9. The first-order chi connectivity index (χ1) is 13.7. The number of rotatable bonds is 1. The molecule has 4 heterocycles. The van der Waals surface area contributed by atoms with Crippen molar-refractivity contribution in [3.05, 3.63) is 29.6 Å². The van der Waals surface area contributed by atoms with Crippen LogP contribution in [0.2, 0.25) is 0 Å². The van der Waals surface area contributed by atoms with E-state index < -0.39 is 11.2 Å². The van der Waals surface area contributed by atoms with E-state index in [1.807, 2.05) is 37.6 Å². The molecule has 2 N–H and O–H groups in total. The molecule has 2 aromatic rings. The number of hydrogen-bond acceptors (Lipinski definition) is 7. The molecule has 9 nitrogen and oxygen atoms in total. The van der Waals surface area contributed by atoms with Crippen molar-refractivity contribution in [2.45, 2.75) is 44.9 Å². The maximum Gasteiger partial charge on any atom is 0.410 e. The maximum absolute atomic E-state index is 12.5. The normalized spacial score (nSPS) is 21.1. The van der Waals surface area contributed by atoms with E-state index in [4.69, 9.17) is 15.2 Å². The molecular formula is C20H24N6O3. The van der Waals surface area contributed by atoms with Crippen LogP contribution in [0.3, 0.4) is 0 Å². The van der Waals surface area contributed by atoms with E-state index in [1.54, 1.807) is 17.2 Å². The van der Waals surface area contributed by atoms with E-state index in [0.29, 0.717) is 43.9 Å². The minimum atomic E-state index is -0.611. The first-order valence-electron chi connectivity index (χ1n) is 9.57. The number of amides is 1. The van der Waals surface area contributed by atoms with Gasteiger partial charge in [-0.05, 0) is 32.9 Å². The second-order valence-corrected chi connectivity index (χ2v) is 8.40. The fourth-order valence-corrected chi connectivity index (χ4v) is 3.79. The highest BCUT2D eigenvalue weighted by molar-refractivity contribution is 5.69. The third-order valence-corrected chi connectivity index (χ3v) is 5.15. The smallest absolute Gasteiger partial charge is 0.410 e. The highest BCUT2D eigenvalue weighted by atomic mass is 16.6. The van der Waals surface area contributed by atoms with E-state index >= 15 is 0 Å². The Morgan fingerprint density at radius 1 is 1.38 bits per heavy atom. The van der Waals surface area contributed by atoms with Crippen LogP contribution in [0.5, 0.6) is 0 Å². The number of anilines is 1. The first-order valence-corrected chi connectivity index (χ1v) is 9.57. The van der Waals surface area contributed by atoms with Gasteiger partial charge in [0.25, 0.3) is 0 Å². The molecule has 0 aliphatic carbocycles. The topological polar surface area (TPSA) is 119 Å². The first kappa shape index (κ1) is 19.2. The zero-order chi connectivity index (χ0) is 20.8. The molecule has 4 rings (SSSR count). The monoisotopic (exact) mass is 396 g/mol. The van der Waals surface area contributed by atoms with Crippen molar-refractivity contribution < 1.29 is 14.3 Å². The van der Waals surface area contributed by atoms with Crippen LogP contribution in [0.25, 0.3) is 11.3 Å². The predicted octanol–water partition coefficient (Wildman–Crippen LogP) is 2.27. The van der Waals surface area contributed by atoms with Crippen LogP contribution in [0.4, 0.5) is 10.6 Å². The number of fused-ring (bicyclic) bond motifs is 2. The molecule has 1 amide bonds. The molecule has 0 saturated carbocycles. The van der Waals surface area contributed by atoms with Gasteiger partial charge in [-0.1, -0.05) is 0 Å². The van der Waals surface area contributed by atoms with Gasteiger partial charge < -0.3 is 20.1 Å². The molecule has 2 aliphatic heterocycles. The van der Waals surface area contributed by atoms with E-state index in [2.05, 4.69) is 10.1 Å². The van der Waals surface area contributed by atoms with Gasteiger partial charge in [0.15, 0.2) is 0 Å². The summed E-state index contributed by atoms with van der Waals surface area (Å²) in [7, 11) is 0. The largest absolute Gasteiger partial charge is 0.444 e. The van der Waals surface area contributed by atoms with Crippen LogP contribution in [0.15, 0.2) is 18.3 Å². The molecule has 0 radical (unpaired) electrons. The summed E-state index contributed by atoms with van der Waals surface area (Å²) in [5.41, 5.74) is 7.22. The van der Waals surface area contributed by atoms with Crippen molar-refractivity contribution in [1.29, 1.82) is 5.26 Å². The maximum atomic E-state index is 12.5. The lowest BCUT2D eigenvalue weighted by Gasteiger charge is -2.34. The Bertz CT molecular complexity index is 1000. The molecule has 2 aromatic heterocycles. The number of hydrogen-bond donors (Lipinski definition) is 1. The summed E-state index contributed by atoms with van der Waals surface area (Å²) in [6.07, 6.45) is 1.94. The third-order valence-electron chi connectivity index (χ3n) is 5.15. The van der Waals surface area contributed by atoms with Gasteiger partial charge >= 0.3 is 6.09 Å². The summed E-state index contributed by atoms with van der Waals surface area (Å²) in [6, 6.07) is 5.68. The highest BCUT2D eigenvalue weighted by Crippen LogP contribution is 2.40. The molecule has 1 unspecified atom stereocenters. The number of carbonyl (C=O) groups is 1. The Morgan fingerprint density at radius 3 is 2.90 bits per heavy atom. The summed E-state index contributed by atoms with van der Waals surface area (Å²) < 4.78 is 13.6. The van der Waals surface area contributed by atoms with Gasteiger partial charge in [0.05, 0.1) is 36.6 Å². The number of pyridine rings is 1. The Labute approximate surface area is 169 Å². The average molecular weight is 396 g/mol. The van der Waals surface area contributed by atoms with Crippen LogP contribution in [-0.2, 0) is 21.6 Å². The van der Waals surface area contributed by atoms with Crippen molar-refractivity contribution in [1.82, 2.24) is 19.7 Å². The molecule has 0 bridgehead atoms. The molecule has 1 spiro atoms. The van der Waals surface area contributed by atoms with E-state index in [0.717, 1.165) is 11.3 Å². The van der Waals surface area contributed by atoms with Gasteiger partial charge in [-0.25, -0.2) is 9.78 Å². The second kappa shape index (κ2) is 6.74. The number of nitrogens with two attached hydrogens (primary N) is 1. The summed E-state index contributed by atoms with van der Waals surface area (Å²) in [6.45, 7) is 7.66. The van der Waals surface area contributed by atoms with E-state index in [9.17, 15) is 10.1 Å². The van der Waals surface area contributed by atoms with Crippen molar-refractivity contribution >= 4 is 11.9 Å². The van der Waals surface area contributed by atoms with Gasteiger partial charge in [0.1, 0.15) is 23.1 Å². The van der Waals surface area contributed by atoms with Crippen LogP contribution >= 0.6 is 0 Å². The molecule has 29 heavy (non-hydrogen) atoms. The standard InChI is InChI=1S/C20H24N6O3/c1-19(2,3)29-18(27)25-5-4-20(12-25)16-9-15(24-26(16)6-7-28-20)14-8-13(10-21)17(22)23-11-14/h8-9,11H,4-7,12H2,1-3H3,(H2,22,23). The summed E-state index contributed by atoms with van der Waals surface area (Å²) in [4.78, 5) is 18.3. The molecule has 1 saturated heterocycles. The molecule has 152 valence electrons. The number of ether oxygens (including phenoxy) is 2. The number of carbonyl (C=O) groups excluding carboxylic acids is 1. The van der Waals surface area contributed by atoms with Gasteiger partial charge in [0.2, 0.25) is 0 Å². The Balaban J connectivity index is 1.63. The lowest BCUT2D eigenvalue weighted by Crippen LogP contribution is -2.43. The Morgan fingerprint density at radius 2 is 2.17 bits per heavy atom. The lowest BCUT2D eigenvalue weighted by molar-refractivity contribution is -0.0727. The molecule has 1 fully saturated rings. The van der Waals surface area contributed by atoms with Gasteiger partial charge in [-0.3, -0.25) is 4.68 Å². The zero-order valence-corrected chi connectivity index (χ0v) is 16.8. The van der Waals surface area contributed by atoms with E-state index in [1.165, 1.54) is 0 Å². The average Bonchev–Trinajstić information content (AvgIpc) is 3.27. The number of likely N-dealkylation sites (tertiary alicyclic amines) is 1.